The van der Waals surface area contributed by atoms with Crippen molar-refractivity contribution in [2.75, 3.05) is 14.2 Å². The molecule has 3 rings (SSSR count). The summed E-state index contributed by atoms with van der Waals surface area (Å²) in [7, 11) is 3.16. The average Bonchev–Trinajstić information content (AvgIpc) is 2.74. The van der Waals surface area contributed by atoms with E-state index in [0.29, 0.717) is 22.6 Å². The highest BCUT2D eigenvalue weighted by molar-refractivity contribution is 9.10. The highest BCUT2D eigenvalue weighted by Gasteiger charge is 2.28. The van der Waals surface area contributed by atoms with Gasteiger partial charge in [0, 0.05) is 23.2 Å². The van der Waals surface area contributed by atoms with Crippen molar-refractivity contribution in [1.29, 1.82) is 0 Å². The Morgan fingerprint density at radius 2 is 1.20 bits per heavy atom. The SMILES string of the molecule is COc1ccc(C(=O)N[C@@H]2CCCC[C@H]2NC(=O)c2ccc(OC)c(Br)c2)cc1Br. The fourth-order valence-corrected chi connectivity index (χ4v) is 4.68. The first kappa shape index (κ1) is 22.6. The highest BCUT2D eigenvalue weighted by Crippen LogP contribution is 2.27. The van der Waals surface area contributed by atoms with Gasteiger partial charge in [-0.3, -0.25) is 9.59 Å². The lowest BCUT2D eigenvalue weighted by Crippen LogP contribution is -2.53. The molecule has 0 saturated heterocycles. The van der Waals surface area contributed by atoms with Crippen LogP contribution in [0.2, 0.25) is 0 Å². The van der Waals surface area contributed by atoms with Gasteiger partial charge in [0.05, 0.1) is 23.2 Å². The molecule has 0 unspecified atom stereocenters. The van der Waals surface area contributed by atoms with E-state index in [1.54, 1.807) is 50.6 Å². The van der Waals surface area contributed by atoms with Crippen LogP contribution in [0.15, 0.2) is 45.3 Å². The van der Waals surface area contributed by atoms with Crippen LogP contribution in [0.5, 0.6) is 11.5 Å². The standard InChI is InChI=1S/C22H24Br2N2O4/c1-29-19-9-7-13(11-15(19)23)21(27)25-17-5-3-4-6-18(17)26-22(28)14-8-10-20(30-2)16(24)12-14/h7-12,17-18H,3-6H2,1-2H3,(H,25,27)(H,26,28)/t17-,18-/m1/s1. The van der Waals surface area contributed by atoms with Crippen molar-refractivity contribution >= 4 is 43.7 Å². The molecule has 1 saturated carbocycles. The van der Waals surface area contributed by atoms with Gasteiger partial charge in [-0.2, -0.15) is 0 Å². The minimum atomic E-state index is -0.170. The minimum absolute atomic E-state index is 0.127. The lowest BCUT2D eigenvalue weighted by Gasteiger charge is -2.33. The highest BCUT2D eigenvalue weighted by atomic mass is 79.9. The molecule has 2 N–H and O–H groups in total. The molecule has 8 heteroatoms. The predicted octanol–water partition coefficient (Wildman–Crippen LogP) is 4.70. The second kappa shape index (κ2) is 10.3. The van der Waals surface area contributed by atoms with Gasteiger partial charge in [0.1, 0.15) is 11.5 Å². The normalized spacial score (nSPS) is 18.4. The van der Waals surface area contributed by atoms with Gasteiger partial charge in [-0.15, -0.1) is 0 Å². The van der Waals surface area contributed by atoms with Gasteiger partial charge < -0.3 is 20.1 Å². The molecule has 0 heterocycles. The Hall–Kier alpha value is -2.06. The topological polar surface area (TPSA) is 76.7 Å². The smallest absolute Gasteiger partial charge is 0.251 e. The zero-order valence-corrected chi connectivity index (χ0v) is 20.0. The number of methoxy groups -OCH3 is 2. The van der Waals surface area contributed by atoms with Gasteiger partial charge in [-0.05, 0) is 81.1 Å². The lowest BCUT2D eigenvalue weighted by atomic mass is 9.89. The summed E-state index contributed by atoms with van der Waals surface area (Å²) < 4.78 is 11.9. The Balaban J connectivity index is 1.68. The van der Waals surface area contributed by atoms with Crippen molar-refractivity contribution in [1.82, 2.24) is 10.6 Å². The quantitative estimate of drug-likeness (QED) is 0.558. The maximum absolute atomic E-state index is 12.8. The third kappa shape index (κ3) is 5.35. The molecule has 1 fully saturated rings. The molecule has 160 valence electrons. The number of ether oxygens (including phenoxy) is 2. The number of benzene rings is 2. The van der Waals surface area contributed by atoms with E-state index in [2.05, 4.69) is 42.5 Å². The van der Waals surface area contributed by atoms with Gasteiger partial charge in [-0.1, -0.05) is 12.8 Å². The molecule has 2 aromatic carbocycles. The minimum Gasteiger partial charge on any atom is -0.496 e. The van der Waals surface area contributed by atoms with Crippen LogP contribution in [0, 0.1) is 0 Å². The van der Waals surface area contributed by atoms with Crippen molar-refractivity contribution in [3.8, 4) is 11.5 Å². The molecule has 1 aliphatic rings. The van der Waals surface area contributed by atoms with Crippen molar-refractivity contribution in [3.63, 3.8) is 0 Å². The Bertz CT molecular complexity index is 860. The zero-order chi connectivity index (χ0) is 21.7. The summed E-state index contributed by atoms with van der Waals surface area (Å²) in [5.74, 6) is 0.994. The maximum atomic E-state index is 12.8. The van der Waals surface area contributed by atoms with Crippen LogP contribution in [0.1, 0.15) is 46.4 Å². The first-order valence-electron chi connectivity index (χ1n) is 9.71. The second-order valence-electron chi connectivity index (χ2n) is 7.14. The van der Waals surface area contributed by atoms with Crippen LogP contribution in [-0.4, -0.2) is 38.1 Å². The van der Waals surface area contributed by atoms with E-state index in [-0.39, 0.29) is 23.9 Å². The first-order valence-corrected chi connectivity index (χ1v) is 11.3. The summed E-state index contributed by atoms with van der Waals surface area (Å²) in [6, 6.07) is 10.2. The zero-order valence-electron chi connectivity index (χ0n) is 16.8. The number of rotatable bonds is 6. The van der Waals surface area contributed by atoms with E-state index in [9.17, 15) is 9.59 Å². The van der Waals surface area contributed by atoms with Crippen molar-refractivity contribution in [3.05, 3.63) is 56.5 Å². The van der Waals surface area contributed by atoms with Crippen LogP contribution >= 0.6 is 31.9 Å². The molecule has 0 aliphatic heterocycles. The molecule has 0 bridgehead atoms. The van der Waals surface area contributed by atoms with E-state index in [1.165, 1.54) is 0 Å². The van der Waals surface area contributed by atoms with Crippen molar-refractivity contribution in [2.45, 2.75) is 37.8 Å². The van der Waals surface area contributed by atoms with Crippen LogP contribution in [0.3, 0.4) is 0 Å². The number of halogens is 2. The maximum Gasteiger partial charge on any atom is 0.251 e. The van der Waals surface area contributed by atoms with Gasteiger partial charge in [0.15, 0.2) is 0 Å². The van der Waals surface area contributed by atoms with E-state index in [1.807, 2.05) is 0 Å². The summed E-state index contributed by atoms with van der Waals surface area (Å²) in [5.41, 5.74) is 1.08. The third-order valence-corrected chi connectivity index (χ3v) is 6.47. The fraction of sp³-hybridized carbons (Fsp3) is 0.364. The molecular formula is C22H24Br2N2O4. The number of carbonyl (C=O) groups is 2. The van der Waals surface area contributed by atoms with Gasteiger partial charge in [0.25, 0.3) is 11.8 Å². The first-order chi connectivity index (χ1) is 14.4. The molecule has 30 heavy (non-hydrogen) atoms. The summed E-state index contributed by atoms with van der Waals surface area (Å²) in [4.78, 5) is 25.6. The molecule has 2 aromatic rings. The Labute approximate surface area is 193 Å². The number of amides is 2. The average molecular weight is 540 g/mol. The third-order valence-electron chi connectivity index (χ3n) is 5.23. The van der Waals surface area contributed by atoms with E-state index < -0.39 is 0 Å². The van der Waals surface area contributed by atoms with Gasteiger partial charge in [-0.25, -0.2) is 0 Å². The van der Waals surface area contributed by atoms with E-state index in [0.717, 1.165) is 34.6 Å². The van der Waals surface area contributed by atoms with Crippen molar-refractivity contribution < 1.29 is 19.1 Å². The molecular weight excluding hydrogens is 516 g/mol. The van der Waals surface area contributed by atoms with Crippen LogP contribution < -0.4 is 20.1 Å². The summed E-state index contributed by atoms with van der Waals surface area (Å²) in [6.07, 6.45) is 3.66. The summed E-state index contributed by atoms with van der Waals surface area (Å²) in [5, 5.41) is 6.18. The van der Waals surface area contributed by atoms with E-state index >= 15 is 0 Å². The lowest BCUT2D eigenvalue weighted by molar-refractivity contribution is 0.0862. The van der Waals surface area contributed by atoms with E-state index in [4.69, 9.17) is 9.47 Å². The largest absolute Gasteiger partial charge is 0.496 e. The van der Waals surface area contributed by atoms with Gasteiger partial charge >= 0.3 is 0 Å². The molecule has 6 nitrogen and oxygen atoms in total. The van der Waals surface area contributed by atoms with Gasteiger partial charge in [0.2, 0.25) is 0 Å². The Morgan fingerprint density at radius 3 is 1.53 bits per heavy atom. The fourth-order valence-electron chi connectivity index (χ4n) is 3.60. The monoisotopic (exact) mass is 538 g/mol. The molecule has 1 aliphatic carbocycles. The van der Waals surface area contributed by atoms with Crippen molar-refractivity contribution in [2.24, 2.45) is 0 Å². The Morgan fingerprint density at radius 1 is 0.800 bits per heavy atom. The van der Waals surface area contributed by atoms with Crippen LogP contribution in [0.4, 0.5) is 0 Å². The second-order valence-corrected chi connectivity index (χ2v) is 8.85. The summed E-state index contributed by atoms with van der Waals surface area (Å²) >= 11 is 6.83. The molecule has 0 spiro atoms. The van der Waals surface area contributed by atoms with Crippen LogP contribution in [-0.2, 0) is 0 Å². The number of carbonyl (C=O) groups excluding carboxylic acids is 2. The number of hydrogen-bond donors (Lipinski definition) is 2. The molecule has 0 aromatic heterocycles. The molecule has 2 atom stereocenters. The number of hydrogen-bond acceptors (Lipinski definition) is 4. The number of nitrogens with one attached hydrogen (secondary N) is 2. The Kier molecular flexibility index (Phi) is 7.77. The van der Waals surface area contributed by atoms with Crippen LogP contribution in [0.25, 0.3) is 0 Å². The summed E-state index contributed by atoms with van der Waals surface area (Å²) in [6.45, 7) is 0. The predicted molar refractivity (Wildman–Crippen MR) is 122 cm³/mol. The molecule has 0 radical (unpaired) electrons. The molecule has 2 amide bonds.